The Morgan fingerprint density at radius 2 is 1.90 bits per heavy atom. The highest BCUT2D eigenvalue weighted by molar-refractivity contribution is 6.25. The van der Waals surface area contributed by atoms with Crippen LogP contribution < -0.4 is 11.1 Å². The number of hydrogen-bond acceptors (Lipinski definition) is 10. The summed E-state index contributed by atoms with van der Waals surface area (Å²) < 4.78 is 5.32. The number of aromatic hydroxyl groups is 1. The van der Waals surface area contributed by atoms with Crippen LogP contribution in [0.2, 0.25) is 0 Å². The van der Waals surface area contributed by atoms with Gasteiger partial charge >= 0.3 is 0 Å². The van der Waals surface area contributed by atoms with Crippen molar-refractivity contribution < 1.29 is 39.2 Å². The van der Waals surface area contributed by atoms with E-state index in [0.717, 1.165) is 0 Å². The summed E-state index contributed by atoms with van der Waals surface area (Å²) >= 11 is 0. The van der Waals surface area contributed by atoms with Crippen LogP contribution in [0.25, 0.3) is 11.1 Å². The molecule has 11 nitrogen and oxygen atoms in total. The first kappa shape index (κ1) is 29.6. The van der Waals surface area contributed by atoms with Crippen molar-refractivity contribution in [2.75, 3.05) is 20.6 Å². The quantitative estimate of drug-likeness (QED) is 0.278. The molecule has 0 saturated carbocycles. The fourth-order valence-electron chi connectivity index (χ4n) is 6.76. The van der Waals surface area contributed by atoms with E-state index in [-0.39, 0.29) is 41.7 Å². The molecule has 42 heavy (non-hydrogen) atoms. The summed E-state index contributed by atoms with van der Waals surface area (Å²) in [5, 5.41) is 49.1. The molecule has 3 aliphatic rings. The molecule has 0 bridgehead atoms. The van der Waals surface area contributed by atoms with Crippen molar-refractivity contribution in [3.05, 3.63) is 64.0 Å². The number of nitrogens with zero attached hydrogens (tertiary/aromatic N) is 1. The minimum Gasteiger partial charge on any atom is -0.510 e. The summed E-state index contributed by atoms with van der Waals surface area (Å²) in [6.07, 6.45) is 3.27. The van der Waals surface area contributed by atoms with Gasteiger partial charge in [-0.05, 0) is 61.5 Å². The molecular formula is C31H37N3O8. The van der Waals surface area contributed by atoms with Crippen LogP contribution in [0.5, 0.6) is 5.75 Å². The average molecular weight is 580 g/mol. The summed E-state index contributed by atoms with van der Waals surface area (Å²) in [7, 11) is 3.19. The third-order valence-electron chi connectivity index (χ3n) is 8.60. The molecule has 0 unspecified atom stereocenters. The molecule has 224 valence electrons. The second kappa shape index (κ2) is 10.1. The Bertz CT molecular complexity index is 1550. The highest BCUT2D eigenvalue weighted by Crippen LogP contribution is 2.53. The van der Waals surface area contributed by atoms with Gasteiger partial charge in [0.2, 0.25) is 5.78 Å². The van der Waals surface area contributed by atoms with Crippen molar-refractivity contribution in [3.63, 3.8) is 0 Å². The molecule has 1 aromatic carbocycles. The predicted molar refractivity (Wildman–Crippen MR) is 153 cm³/mol. The molecule has 5 rings (SSSR count). The van der Waals surface area contributed by atoms with Gasteiger partial charge in [-0.2, -0.15) is 0 Å². The zero-order valence-electron chi connectivity index (χ0n) is 24.3. The Kier molecular flexibility index (Phi) is 7.11. The number of aliphatic hydroxyl groups excluding tert-OH is 2. The number of primary amides is 1. The Hall–Kier alpha value is -3.93. The molecule has 11 heteroatoms. The van der Waals surface area contributed by atoms with Crippen LogP contribution in [0.1, 0.15) is 48.7 Å². The van der Waals surface area contributed by atoms with Gasteiger partial charge in [-0.15, -0.1) is 0 Å². The fourth-order valence-corrected chi connectivity index (χ4v) is 6.76. The summed E-state index contributed by atoms with van der Waals surface area (Å²) in [4.78, 5) is 41.4. The number of amides is 1. The van der Waals surface area contributed by atoms with E-state index in [2.05, 4.69) is 26.1 Å². The lowest BCUT2D eigenvalue weighted by atomic mass is 9.58. The van der Waals surface area contributed by atoms with E-state index < -0.39 is 58.0 Å². The van der Waals surface area contributed by atoms with E-state index in [1.807, 2.05) is 6.07 Å². The van der Waals surface area contributed by atoms with Crippen LogP contribution in [0.3, 0.4) is 0 Å². The number of fused-ring (bicyclic) bond motifs is 3. The SMILES string of the molecule is CN(C)[C@H]1C(O)=C(C(N)=O)C(=O)[C@@]2(O)C(O)=C3C(=O)c4c(O)c(CNCC(C)(C)C)cc(-c5ccoc5)c4C[C@H]3C[C@@H]12. The van der Waals surface area contributed by atoms with Crippen LogP contribution in [0.4, 0.5) is 0 Å². The Morgan fingerprint density at radius 3 is 2.48 bits per heavy atom. The number of furan rings is 1. The number of ketones is 2. The maximum absolute atomic E-state index is 14.2. The molecule has 3 aliphatic carbocycles. The van der Waals surface area contributed by atoms with Crippen LogP contribution in [-0.2, 0) is 22.6 Å². The first-order valence-corrected chi connectivity index (χ1v) is 13.8. The first-order valence-electron chi connectivity index (χ1n) is 13.8. The molecular weight excluding hydrogens is 542 g/mol. The van der Waals surface area contributed by atoms with Gasteiger partial charge in [-0.25, -0.2) is 0 Å². The standard InChI is InChI=1S/C31H37N3O8/c1-30(2,3)13-33-11-16-9-17(14-6-7-42-12-14)18-8-15-10-19-23(34(4)5)26(37)22(29(32)40)28(39)31(19,41)27(38)20(15)25(36)21(18)24(16)35/h6-7,9,12,15,19,23,33,35,37-38,41H,8,10-11,13H2,1-5H3,(H2,32,40)/t15-,19-,23+,31-/m0/s1. The number of nitrogens with one attached hydrogen (secondary N) is 1. The van der Waals surface area contributed by atoms with E-state index in [1.54, 1.807) is 26.4 Å². The Labute approximate surface area is 243 Å². The summed E-state index contributed by atoms with van der Waals surface area (Å²) in [6.45, 7) is 7.09. The lowest BCUT2D eigenvalue weighted by molar-refractivity contribution is -0.148. The smallest absolute Gasteiger partial charge is 0.255 e. The molecule has 0 saturated heterocycles. The summed E-state index contributed by atoms with van der Waals surface area (Å²) in [5.74, 6) is -6.74. The minimum atomic E-state index is -2.68. The van der Waals surface area contributed by atoms with Crippen molar-refractivity contribution in [2.45, 2.75) is 51.8 Å². The van der Waals surface area contributed by atoms with Crippen LogP contribution in [0, 0.1) is 17.3 Å². The highest BCUT2D eigenvalue weighted by Gasteiger charge is 2.63. The summed E-state index contributed by atoms with van der Waals surface area (Å²) in [5.41, 5.74) is 4.03. The maximum Gasteiger partial charge on any atom is 0.255 e. The van der Waals surface area contributed by atoms with Crippen LogP contribution in [-0.4, -0.2) is 75.1 Å². The van der Waals surface area contributed by atoms with Gasteiger partial charge in [-0.1, -0.05) is 20.8 Å². The van der Waals surface area contributed by atoms with Crippen molar-refractivity contribution in [1.82, 2.24) is 10.2 Å². The van der Waals surface area contributed by atoms with E-state index in [4.69, 9.17) is 10.2 Å². The number of allylic oxidation sites excluding steroid dienone is 1. The first-order chi connectivity index (χ1) is 19.6. The third kappa shape index (κ3) is 4.43. The number of carbonyl (C=O) groups excluding carboxylic acids is 3. The molecule has 4 atom stereocenters. The van der Waals surface area contributed by atoms with Crippen molar-refractivity contribution >= 4 is 17.5 Å². The molecule has 1 heterocycles. The minimum absolute atomic E-state index is 0.0201. The molecule has 0 radical (unpaired) electrons. The number of Topliss-reactive ketones (excluding diaryl/α,β-unsaturated/α-hetero) is 2. The largest absolute Gasteiger partial charge is 0.510 e. The second-order valence-corrected chi connectivity index (χ2v) is 12.9. The van der Waals surface area contributed by atoms with Crippen LogP contribution in [0.15, 0.2) is 51.7 Å². The molecule has 0 spiro atoms. The zero-order chi connectivity index (χ0) is 30.9. The van der Waals surface area contributed by atoms with Crippen molar-refractivity contribution in [3.8, 4) is 16.9 Å². The number of phenols is 1. The van der Waals surface area contributed by atoms with Gasteiger partial charge < -0.3 is 35.9 Å². The van der Waals surface area contributed by atoms with Gasteiger partial charge in [0.05, 0.1) is 24.1 Å². The predicted octanol–water partition coefficient (Wildman–Crippen LogP) is 2.52. The summed E-state index contributed by atoms with van der Waals surface area (Å²) in [6, 6.07) is 2.52. The maximum atomic E-state index is 14.2. The molecule has 7 N–H and O–H groups in total. The lowest BCUT2D eigenvalue weighted by Gasteiger charge is -2.50. The van der Waals surface area contributed by atoms with Crippen molar-refractivity contribution in [2.24, 2.45) is 23.0 Å². The van der Waals surface area contributed by atoms with Gasteiger partial charge in [0.15, 0.2) is 11.4 Å². The van der Waals surface area contributed by atoms with Crippen LogP contribution >= 0.6 is 0 Å². The number of rotatable bonds is 6. The second-order valence-electron chi connectivity index (χ2n) is 12.9. The number of benzene rings is 1. The number of hydrogen-bond donors (Lipinski definition) is 6. The topological polar surface area (TPSA) is 187 Å². The third-order valence-corrected chi connectivity index (χ3v) is 8.60. The van der Waals surface area contributed by atoms with Gasteiger partial charge in [0, 0.05) is 35.7 Å². The van der Waals surface area contributed by atoms with E-state index in [1.165, 1.54) is 11.2 Å². The highest BCUT2D eigenvalue weighted by atomic mass is 16.3. The number of phenolic OH excluding ortho intramolecular Hbond substituents is 1. The Balaban J connectivity index is 1.69. The number of likely N-dealkylation sites (N-methyl/N-ethyl adjacent to an activating group) is 1. The Morgan fingerprint density at radius 1 is 1.21 bits per heavy atom. The number of carbonyl (C=O) groups is 3. The molecule has 0 fully saturated rings. The van der Waals surface area contributed by atoms with Gasteiger partial charge in [0.25, 0.3) is 5.91 Å². The molecule has 0 aliphatic heterocycles. The molecule has 1 amide bonds. The van der Waals surface area contributed by atoms with E-state index in [9.17, 15) is 34.8 Å². The van der Waals surface area contributed by atoms with Crippen molar-refractivity contribution in [1.29, 1.82) is 0 Å². The number of nitrogens with two attached hydrogens (primary N) is 1. The molecule has 2 aromatic rings. The number of aliphatic hydroxyl groups is 3. The lowest BCUT2D eigenvalue weighted by Crippen LogP contribution is -2.63. The zero-order valence-corrected chi connectivity index (χ0v) is 24.3. The molecule has 1 aromatic heterocycles. The van der Waals surface area contributed by atoms with Gasteiger partial charge in [0.1, 0.15) is 22.8 Å². The van der Waals surface area contributed by atoms with E-state index in [0.29, 0.717) is 28.8 Å². The van der Waals surface area contributed by atoms with E-state index >= 15 is 0 Å². The fraction of sp³-hybridized carbons (Fsp3) is 0.452. The monoisotopic (exact) mass is 579 g/mol. The average Bonchev–Trinajstić information content (AvgIpc) is 3.41. The van der Waals surface area contributed by atoms with Gasteiger partial charge in [-0.3, -0.25) is 19.3 Å². The normalized spacial score (nSPS) is 25.9.